The van der Waals surface area contributed by atoms with Gasteiger partial charge >= 0.3 is 41.5 Å². The van der Waals surface area contributed by atoms with Crippen LogP contribution in [-0.2, 0) is 62.6 Å². The number of anilines is 4. The van der Waals surface area contributed by atoms with Gasteiger partial charge in [-0.25, -0.2) is 38.1 Å². The summed E-state index contributed by atoms with van der Waals surface area (Å²) in [7, 11) is 4.32. The summed E-state index contributed by atoms with van der Waals surface area (Å²) in [6, 6.07) is 34.0. The van der Waals surface area contributed by atoms with E-state index in [0.717, 1.165) is 136 Å². The third-order valence-electron chi connectivity index (χ3n) is 20.7. The maximum absolute atomic E-state index is 16.3. The topological polar surface area (TPSA) is 208 Å². The van der Waals surface area contributed by atoms with Crippen LogP contribution in [0.2, 0.25) is 20.1 Å². The zero-order valence-corrected chi connectivity index (χ0v) is 59.0. The number of halogens is 6. The molecular weight excluding hydrogens is 1360 g/mol. The predicted molar refractivity (Wildman–Crippen MR) is 377 cm³/mol. The second kappa shape index (κ2) is 29.3. The van der Waals surface area contributed by atoms with Gasteiger partial charge in [-0.3, -0.25) is 24.2 Å². The summed E-state index contributed by atoms with van der Waals surface area (Å²) in [5.41, 5.74) is 13.6. The molecule has 99 heavy (non-hydrogen) atoms. The standard InChI is InChI=1S/C35H34Cl2FN5O.C30H26Cl2FN5O.C4H6O4.C2H3BO2.2CH4.Na/c36-21-9-11-24-26(17-21)40-34(44)35(24)31(23-5-4-6-25(37)32(23)38)30-29(43(35)19-20-7-8-20)13-16-42-28-12-10-22(18-27(28)39-33(30)42)41-14-2-1-3-15-41;31-16-6-8-19-21(12-16)36-29(39)30(19)26(18-2-1-3-20(32)27(18)33)25-24(38(30)14-15-4-5-15)10-11-37-23-9-7-17(34)13-22(23)35-28(25)37;1-3(5)7-8-4(2)6;1-2(4)5-3;;;/h4-6,9-12,17-18,20,29-31H,1-3,7-8,13-16,19H2,(H,40,44);1-3,6-9,12-13,15,24-26H,4-5,10-11,14,34H2,(H,36,39);1-2H3;1H3;2*1H4;/q;;;-1;;;+1/t29-,30+,31-,35+;24-,25+,26-,30+;;;;;/m00...../s1. The van der Waals surface area contributed by atoms with Gasteiger partial charge in [-0.05, 0) is 154 Å². The Morgan fingerprint density at radius 1 is 0.586 bits per heavy atom. The molecule has 26 heteroatoms. The molecule has 3 saturated heterocycles. The zero-order chi connectivity index (χ0) is 67.2. The average Bonchev–Trinajstić information content (AvgIpc) is 1.52. The maximum atomic E-state index is 16.3. The molecule has 3 radical (unpaired) electrons. The number of amides is 2. The van der Waals surface area contributed by atoms with E-state index in [-0.39, 0.29) is 90.2 Å². The number of nitrogens with zero attached hydrogens (tertiary/aromatic N) is 7. The van der Waals surface area contributed by atoms with E-state index in [1.165, 1.54) is 31.9 Å². The summed E-state index contributed by atoms with van der Waals surface area (Å²) < 4.78 is 40.6. The second-order valence-electron chi connectivity index (χ2n) is 26.5. The minimum Gasteiger partial charge on any atom is -0.793 e. The first-order chi connectivity index (χ1) is 46.2. The van der Waals surface area contributed by atoms with Crippen molar-refractivity contribution in [1.82, 2.24) is 28.9 Å². The number of nitrogens with one attached hydrogen (secondary N) is 2. The van der Waals surface area contributed by atoms with Gasteiger partial charge in [0.1, 0.15) is 34.4 Å². The Morgan fingerprint density at radius 3 is 1.44 bits per heavy atom. The fourth-order valence-electron chi connectivity index (χ4n) is 16.7. The number of piperidine rings is 1. The Bertz CT molecular complexity index is 4460. The fraction of sp³-hybridized carbons (Fsp3) is 0.411. The number of carbonyl (C=O) groups excluding carboxylic acids is 5. The van der Waals surface area contributed by atoms with Crippen molar-refractivity contribution in [3.8, 4) is 0 Å². The number of nitrogens with two attached hydrogens (primary N) is 1. The summed E-state index contributed by atoms with van der Waals surface area (Å²) in [4.78, 5) is 83.6. The third-order valence-corrected chi connectivity index (χ3v) is 21.7. The monoisotopic (exact) mass is 1430 g/mol. The average molecular weight is 1440 g/mol. The van der Waals surface area contributed by atoms with E-state index >= 15 is 8.78 Å². The Hall–Kier alpha value is -6.79. The molecule has 4 N–H and O–H groups in total. The first-order valence-corrected chi connectivity index (χ1v) is 34.1. The van der Waals surface area contributed by atoms with Crippen LogP contribution >= 0.6 is 46.4 Å². The minimum absolute atomic E-state index is 0. The minimum atomic E-state index is -1.13. The normalized spacial score (nSPS) is 24.2. The first kappa shape index (κ1) is 73.4. The molecule has 8 aromatic rings. The van der Waals surface area contributed by atoms with Crippen LogP contribution in [-0.4, -0.2) is 105 Å². The number of carbonyl (C=O) groups is 5. The summed E-state index contributed by atoms with van der Waals surface area (Å²) in [5.74, 6) is -1.68. The third kappa shape index (κ3) is 13.0. The van der Waals surface area contributed by atoms with Crippen LogP contribution < -0.4 is 50.8 Å². The van der Waals surface area contributed by atoms with Crippen LogP contribution in [0.15, 0.2) is 109 Å². The summed E-state index contributed by atoms with van der Waals surface area (Å²) >= 11 is 25.7. The Kier molecular flexibility index (Phi) is 21.7. The molecule has 6 aromatic carbocycles. The molecule has 2 amide bonds. The van der Waals surface area contributed by atoms with Crippen LogP contribution in [0.3, 0.4) is 0 Å². The van der Waals surface area contributed by atoms with Crippen molar-refractivity contribution in [2.75, 3.05) is 47.4 Å². The van der Waals surface area contributed by atoms with Crippen molar-refractivity contribution in [3.63, 3.8) is 0 Å². The molecule has 18 nitrogen and oxygen atoms in total. The van der Waals surface area contributed by atoms with Crippen molar-refractivity contribution >= 4 is 129 Å². The number of nitrogen functional groups attached to an aromatic ring is 1. The predicted octanol–water partition coefficient (Wildman–Crippen LogP) is 11.9. The van der Waals surface area contributed by atoms with E-state index in [4.69, 9.17) is 62.1 Å². The van der Waals surface area contributed by atoms with E-state index in [1.54, 1.807) is 36.4 Å². The van der Waals surface area contributed by atoms with Gasteiger partial charge in [0, 0.05) is 140 Å². The summed E-state index contributed by atoms with van der Waals surface area (Å²) in [6.45, 7) is 8.76. The SMILES string of the molecule is C.C.CC(=O)OOC(C)=O.Nc1ccc2c(c1)nc1n2CC[C@H]2[C@@H]1[C@H](c1cccc(Cl)c1F)[C@]1(C(=O)Nc3cc(Cl)ccc31)N2CC1CC1.O=C1Nc2cc(Cl)ccc2[C@@]12[C@@H](c1cccc(Cl)c1F)[C@@H]1c3nc4cc(N5CCCCC5)ccc4n3CC[C@@H]1N2CC1CC1.[B-]OC(C)=O.[Na+]. The molecule has 2 aromatic heterocycles. The van der Waals surface area contributed by atoms with E-state index in [9.17, 15) is 24.0 Å². The van der Waals surface area contributed by atoms with Gasteiger partial charge in [-0.15, -0.1) is 0 Å². The molecule has 0 unspecified atom stereocenters. The van der Waals surface area contributed by atoms with E-state index < -0.39 is 52.5 Å². The Labute approximate surface area is 617 Å². The van der Waals surface area contributed by atoms with Gasteiger partial charge in [0.25, 0.3) is 0 Å². The second-order valence-corrected chi connectivity index (χ2v) is 28.2. The molecule has 8 atom stereocenters. The number of rotatable bonds is 7. The van der Waals surface area contributed by atoms with Gasteiger partial charge in [0.15, 0.2) is 0 Å². The number of hydrogen-bond donors (Lipinski definition) is 3. The van der Waals surface area contributed by atoms with Crippen LogP contribution in [0.4, 0.5) is 31.5 Å². The van der Waals surface area contributed by atoms with Gasteiger partial charge in [0.2, 0.25) is 17.8 Å². The molecule has 2 spiro atoms. The van der Waals surface area contributed by atoms with Gasteiger partial charge in [-0.1, -0.05) is 97.7 Å². The molecule has 5 fully saturated rings. The molecule has 2 aliphatic carbocycles. The molecule has 0 bridgehead atoms. The molecule has 9 heterocycles. The van der Waals surface area contributed by atoms with Crippen LogP contribution in [0.25, 0.3) is 22.1 Å². The van der Waals surface area contributed by atoms with Crippen LogP contribution in [0.1, 0.15) is 151 Å². The smallest absolute Gasteiger partial charge is 0.793 e. The van der Waals surface area contributed by atoms with Crippen LogP contribution in [0, 0.1) is 23.5 Å². The number of hydrogen-bond acceptors (Lipinski definition) is 14. The van der Waals surface area contributed by atoms with E-state index in [1.807, 2.05) is 54.6 Å². The molecule has 2 saturated carbocycles. The Balaban J connectivity index is 0.000000166. The number of fused-ring (bicyclic) bond motifs is 14. The van der Waals surface area contributed by atoms with Crippen molar-refractivity contribution in [2.24, 2.45) is 11.8 Å². The van der Waals surface area contributed by atoms with Crippen LogP contribution in [0.5, 0.6) is 0 Å². The van der Waals surface area contributed by atoms with E-state index in [0.29, 0.717) is 50.1 Å². The summed E-state index contributed by atoms with van der Waals surface area (Å²) in [5, 5.41) is 7.53. The quantitative estimate of drug-likeness (QED) is 0.0587. The maximum Gasteiger partial charge on any atom is 1.00 e. The van der Waals surface area contributed by atoms with E-state index in [2.05, 4.69) is 75.1 Å². The number of benzene rings is 6. The molecule has 513 valence electrons. The Morgan fingerprint density at radius 2 is 1.02 bits per heavy atom. The first-order valence-electron chi connectivity index (χ1n) is 32.6. The number of imidazole rings is 2. The van der Waals surface area contributed by atoms with Gasteiger partial charge in [-0.2, -0.15) is 0 Å². The fourth-order valence-corrected chi connectivity index (χ4v) is 17.4. The van der Waals surface area contributed by atoms with Gasteiger partial charge in [0.05, 0.1) is 32.1 Å². The number of likely N-dealkylation sites (tertiary alicyclic amines) is 2. The largest absolute Gasteiger partial charge is 1.00 e. The van der Waals surface area contributed by atoms with Crippen molar-refractivity contribution in [3.05, 3.63) is 175 Å². The van der Waals surface area contributed by atoms with Gasteiger partial charge < -0.3 is 43.1 Å². The number of aryl methyl sites for hydroxylation is 2. The van der Waals surface area contributed by atoms with Crippen molar-refractivity contribution in [2.45, 2.75) is 153 Å². The summed E-state index contributed by atoms with van der Waals surface area (Å²) in [6.07, 6.45) is 9.92. The molecule has 17 rings (SSSR count). The molecule has 9 aliphatic rings. The number of aromatic nitrogens is 4. The zero-order valence-electron chi connectivity index (χ0n) is 53.9. The van der Waals surface area contributed by atoms with Crippen molar-refractivity contribution < 1.29 is 76.7 Å². The van der Waals surface area contributed by atoms with Crippen molar-refractivity contribution in [1.29, 1.82) is 0 Å². The molecule has 7 aliphatic heterocycles. The molecular formula is C73H77BCl4F2N10NaO8.